The van der Waals surface area contributed by atoms with E-state index in [-0.39, 0.29) is 11.9 Å². The van der Waals surface area contributed by atoms with Gasteiger partial charge in [-0.25, -0.2) is 9.97 Å². The van der Waals surface area contributed by atoms with Gasteiger partial charge in [-0.05, 0) is 32.8 Å². The Labute approximate surface area is 139 Å². The number of hydrogen-bond donors (Lipinski definition) is 1. The Morgan fingerprint density at radius 3 is 2.74 bits per heavy atom. The van der Waals surface area contributed by atoms with E-state index in [9.17, 15) is 4.79 Å². The van der Waals surface area contributed by atoms with Crippen molar-refractivity contribution in [2.24, 2.45) is 0 Å². The summed E-state index contributed by atoms with van der Waals surface area (Å²) in [5, 5.41) is 3.64. The Bertz CT molecular complexity index is 708. The summed E-state index contributed by atoms with van der Waals surface area (Å²) >= 11 is 6.13. The fourth-order valence-electron chi connectivity index (χ4n) is 2.89. The van der Waals surface area contributed by atoms with Crippen LogP contribution in [0.2, 0.25) is 5.02 Å². The molecule has 0 spiro atoms. The third-order valence-corrected chi connectivity index (χ3v) is 4.33. The van der Waals surface area contributed by atoms with Gasteiger partial charge in [0.15, 0.2) is 5.82 Å². The molecule has 1 saturated heterocycles. The molecule has 0 saturated carbocycles. The van der Waals surface area contributed by atoms with E-state index in [0.717, 1.165) is 37.5 Å². The first kappa shape index (κ1) is 15.8. The highest BCUT2D eigenvalue weighted by Crippen LogP contribution is 2.25. The molecule has 1 fully saturated rings. The summed E-state index contributed by atoms with van der Waals surface area (Å²) in [6, 6.07) is 1.93. The monoisotopic (exact) mass is 334 g/mol. The zero-order chi connectivity index (χ0) is 16.4. The quantitative estimate of drug-likeness (QED) is 0.934. The van der Waals surface area contributed by atoms with Crippen LogP contribution in [0.4, 0.5) is 5.82 Å². The molecule has 1 aliphatic rings. The van der Waals surface area contributed by atoms with Gasteiger partial charge in [0.05, 0.1) is 11.8 Å². The van der Waals surface area contributed by atoms with Gasteiger partial charge in [-0.2, -0.15) is 0 Å². The molecule has 1 N–H and O–H groups in total. The molecule has 0 bridgehead atoms. The molecule has 23 heavy (non-hydrogen) atoms. The van der Waals surface area contributed by atoms with Crippen LogP contribution in [0.25, 0.3) is 0 Å². The van der Waals surface area contributed by atoms with Crippen LogP contribution in [0.5, 0.6) is 0 Å². The van der Waals surface area contributed by atoms with Crippen molar-refractivity contribution in [1.82, 2.24) is 15.3 Å². The average molecular weight is 335 g/mol. The number of nitrogens with zero attached hydrogens (tertiary/aromatic N) is 3. The van der Waals surface area contributed by atoms with E-state index in [0.29, 0.717) is 16.3 Å². The highest BCUT2D eigenvalue weighted by molar-refractivity contribution is 6.32. The topological polar surface area (TPSA) is 71.3 Å². The minimum Gasteiger partial charge on any atom is -0.466 e. The molecule has 2 aromatic heterocycles. The van der Waals surface area contributed by atoms with E-state index < -0.39 is 0 Å². The predicted octanol–water partition coefficient (Wildman–Crippen LogP) is 2.74. The number of furan rings is 1. The number of aromatic nitrogens is 2. The molecule has 3 heterocycles. The highest BCUT2D eigenvalue weighted by atomic mass is 35.5. The summed E-state index contributed by atoms with van der Waals surface area (Å²) in [6.07, 6.45) is 4.80. The lowest BCUT2D eigenvalue weighted by molar-refractivity contribution is 0.0929. The number of halogens is 1. The summed E-state index contributed by atoms with van der Waals surface area (Å²) in [6.45, 7) is 5.24. The molecule has 0 unspecified atom stereocenters. The van der Waals surface area contributed by atoms with Gasteiger partial charge in [-0.3, -0.25) is 4.79 Å². The maximum atomic E-state index is 12.3. The predicted molar refractivity (Wildman–Crippen MR) is 87.9 cm³/mol. The molecule has 2 aromatic rings. The second kappa shape index (κ2) is 6.58. The van der Waals surface area contributed by atoms with Gasteiger partial charge in [0.1, 0.15) is 22.9 Å². The molecule has 6 nitrogen and oxygen atoms in total. The average Bonchev–Trinajstić information content (AvgIpc) is 2.87. The summed E-state index contributed by atoms with van der Waals surface area (Å²) in [4.78, 5) is 22.6. The number of hydrogen-bond acceptors (Lipinski definition) is 5. The number of amides is 1. The molecule has 3 rings (SSSR count). The Hall–Kier alpha value is -2.08. The van der Waals surface area contributed by atoms with Crippen LogP contribution in [0, 0.1) is 13.8 Å². The van der Waals surface area contributed by atoms with Gasteiger partial charge < -0.3 is 14.6 Å². The first-order valence-electron chi connectivity index (χ1n) is 7.63. The standard InChI is InChI=1S/C16H19ClN4O2/c1-10-7-13(11(2)23-10)16(22)20-12-3-5-21(6-4-12)15-14(17)8-18-9-19-15/h7-9,12H,3-6H2,1-2H3,(H,20,22). The number of carbonyl (C=O) groups is 1. The van der Waals surface area contributed by atoms with Crippen LogP contribution >= 0.6 is 11.6 Å². The number of carbonyl (C=O) groups excluding carboxylic acids is 1. The van der Waals surface area contributed by atoms with Crippen LogP contribution in [-0.4, -0.2) is 35.0 Å². The van der Waals surface area contributed by atoms with Crippen molar-refractivity contribution >= 4 is 23.3 Å². The normalized spacial score (nSPS) is 15.7. The van der Waals surface area contributed by atoms with E-state index in [4.69, 9.17) is 16.0 Å². The van der Waals surface area contributed by atoms with Gasteiger partial charge in [0.2, 0.25) is 0 Å². The Balaban J connectivity index is 1.58. The zero-order valence-electron chi connectivity index (χ0n) is 13.2. The Morgan fingerprint density at radius 1 is 1.39 bits per heavy atom. The molecule has 0 aliphatic carbocycles. The van der Waals surface area contributed by atoms with Crippen molar-refractivity contribution in [3.8, 4) is 0 Å². The third kappa shape index (κ3) is 3.47. The van der Waals surface area contributed by atoms with Crippen molar-refractivity contribution in [3.63, 3.8) is 0 Å². The molecule has 0 atom stereocenters. The van der Waals surface area contributed by atoms with E-state index >= 15 is 0 Å². The number of anilines is 1. The van der Waals surface area contributed by atoms with E-state index in [1.165, 1.54) is 6.33 Å². The van der Waals surface area contributed by atoms with E-state index in [1.54, 1.807) is 12.3 Å². The van der Waals surface area contributed by atoms with Crippen LogP contribution in [0.15, 0.2) is 23.0 Å². The van der Waals surface area contributed by atoms with Crippen LogP contribution in [0.3, 0.4) is 0 Å². The lowest BCUT2D eigenvalue weighted by atomic mass is 10.0. The van der Waals surface area contributed by atoms with Gasteiger partial charge >= 0.3 is 0 Å². The Morgan fingerprint density at radius 2 is 2.13 bits per heavy atom. The minimum absolute atomic E-state index is 0.0714. The smallest absolute Gasteiger partial charge is 0.255 e. The van der Waals surface area contributed by atoms with Gasteiger partial charge in [-0.1, -0.05) is 11.6 Å². The van der Waals surface area contributed by atoms with Crippen molar-refractivity contribution in [3.05, 3.63) is 40.7 Å². The van der Waals surface area contributed by atoms with Crippen molar-refractivity contribution in [2.75, 3.05) is 18.0 Å². The first-order chi connectivity index (χ1) is 11.0. The lowest BCUT2D eigenvalue weighted by Crippen LogP contribution is -2.45. The second-order valence-electron chi connectivity index (χ2n) is 5.76. The maximum Gasteiger partial charge on any atom is 0.255 e. The minimum atomic E-state index is -0.0714. The van der Waals surface area contributed by atoms with E-state index in [2.05, 4.69) is 20.2 Å². The summed E-state index contributed by atoms with van der Waals surface area (Å²) in [5.41, 5.74) is 0.615. The molecular weight excluding hydrogens is 316 g/mol. The summed E-state index contributed by atoms with van der Waals surface area (Å²) in [7, 11) is 0. The largest absolute Gasteiger partial charge is 0.466 e. The van der Waals surface area contributed by atoms with E-state index in [1.807, 2.05) is 13.8 Å². The highest BCUT2D eigenvalue weighted by Gasteiger charge is 2.24. The molecule has 1 aliphatic heterocycles. The number of nitrogens with one attached hydrogen (secondary N) is 1. The van der Waals surface area contributed by atoms with Crippen LogP contribution in [-0.2, 0) is 0 Å². The number of rotatable bonds is 3. The first-order valence-corrected chi connectivity index (χ1v) is 8.00. The summed E-state index contributed by atoms with van der Waals surface area (Å²) in [5.74, 6) is 2.09. The maximum absolute atomic E-state index is 12.3. The third-order valence-electron chi connectivity index (χ3n) is 4.06. The molecule has 0 aromatic carbocycles. The zero-order valence-corrected chi connectivity index (χ0v) is 13.9. The summed E-state index contributed by atoms with van der Waals surface area (Å²) < 4.78 is 5.41. The number of piperidine rings is 1. The lowest BCUT2D eigenvalue weighted by Gasteiger charge is -2.33. The van der Waals surface area contributed by atoms with Gasteiger partial charge in [0.25, 0.3) is 5.91 Å². The molecule has 1 amide bonds. The number of aryl methyl sites for hydroxylation is 2. The SMILES string of the molecule is Cc1cc(C(=O)NC2CCN(c3ncncc3Cl)CC2)c(C)o1. The fourth-order valence-corrected chi connectivity index (χ4v) is 3.12. The Kier molecular flexibility index (Phi) is 4.52. The molecule has 122 valence electrons. The van der Waals surface area contributed by atoms with Gasteiger partial charge in [-0.15, -0.1) is 0 Å². The second-order valence-corrected chi connectivity index (χ2v) is 6.16. The van der Waals surface area contributed by atoms with Gasteiger partial charge in [0, 0.05) is 19.1 Å². The van der Waals surface area contributed by atoms with Crippen LogP contribution in [0.1, 0.15) is 34.7 Å². The molecule has 0 radical (unpaired) electrons. The molecule has 7 heteroatoms. The van der Waals surface area contributed by atoms with Crippen molar-refractivity contribution in [1.29, 1.82) is 0 Å². The van der Waals surface area contributed by atoms with Crippen LogP contribution < -0.4 is 10.2 Å². The van der Waals surface area contributed by atoms with Crippen molar-refractivity contribution < 1.29 is 9.21 Å². The van der Waals surface area contributed by atoms with Crippen molar-refractivity contribution in [2.45, 2.75) is 32.7 Å². The fraction of sp³-hybridized carbons (Fsp3) is 0.438. The molecular formula is C16H19ClN4O2.